The average Bonchev–Trinajstić information content (AvgIpc) is 3.80. The van der Waals surface area contributed by atoms with Gasteiger partial charge in [-0.3, -0.25) is 47.9 Å². The highest BCUT2D eigenvalue weighted by molar-refractivity contribution is 5.99. The standard InChI is InChI=1S/C49H83N15O12/c1-25(2)23-36-46(73)58-31(13-18-50)41(68)57-34(16-21-53)45(72)64-38(26(3)65)48(75)55-22-17-35(44(71)56-32(14-19-51)43(70)62-37(47(74)61-36)24-28-9-6-5-7-10-28)59-42(69)33(15-20-52)60-49(76)39(27(4)66)63-40(67)29-11-8-12-30(29)54/h5-7,9-10,25-27,29-39,65-66H,8,11-24,50-54H2,1-4H3,(H,55,75)(H,56,71)(H,57,68)(H,58,73)(H,59,69)(H,60,76)(H,61,74)(H,62,70)(H,63,67)(H,64,72)/t26?,27?,29?,30?,31-,32-,33-,34-,35-,36-,37+,38?,39-/m0/s1. The molecule has 0 bridgehead atoms. The maximum Gasteiger partial charge on any atom is 0.245 e. The smallest absolute Gasteiger partial charge is 0.245 e. The highest BCUT2D eigenvalue weighted by atomic mass is 16.3. The molecule has 2 fully saturated rings. The maximum absolute atomic E-state index is 14.4. The van der Waals surface area contributed by atoms with Crippen molar-refractivity contribution in [3.63, 3.8) is 0 Å². The predicted octanol–water partition coefficient (Wildman–Crippen LogP) is -6.56. The Morgan fingerprint density at radius 3 is 1.63 bits per heavy atom. The molecule has 0 radical (unpaired) electrons. The van der Waals surface area contributed by atoms with E-state index in [9.17, 15) is 58.2 Å². The Hall–Kier alpha value is -6.36. The van der Waals surface area contributed by atoms with E-state index in [4.69, 9.17) is 28.7 Å². The minimum Gasteiger partial charge on any atom is -0.391 e. The molecule has 76 heavy (non-hydrogen) atoms. The van der Waals surface area contributed by atoms with Gasteiger partial charge in [0.05, 0.1) is 18.1 Å². The van der Waals surface area contributed by atoms with Gasteiger partial charge in [0.15, 0.2) is 0 Å². The molecule has 1 saturated carbocycles. The lowest BCUT2D eigenvalue weighted by atomic mass is 10.00. The van der Waals surface area contributed by atoms with Gasteiger partial charge in [-0.2, -0.15) is 0 Å². The molecular formula is C49H83N15O12. The highest BCUT2D eigenvalue weighted by Gasteiger charge is 2.38. The lowest BCUT2D eigenvalue weighted by molar-refractivity contribution is -0.137. The van der Waals surface area contributed by atoms with Crippen LogP contribution < -0.4 is 81.8 Å². The maximum atomic E-state index is 14.4. The normalized spacial score (nSPS) is 26.4. The summed E-state index contributed by atoms with van der Waals surface area (Å²) in [5.74, 6) is -9.56. The van der Waals surface area contributed by atoms with E-state index in [1.807, 2.05) is 0 Å². The highest BCUT2D eigenvalue weighted by Crippen LogP contribution is 2.24. The van der Waals surface area contributed by atoms with Crippen molar-refractivity contribution in [3.8, 4) is 0 Å². The molecule has 0 spiro atoms. The van der Waals surface area contributed by atoms with Crippen molar-refractivity contribution in [1.29, 1.82) is 0 Å². The van der Waals surface area contributed by atoms with Crippen LogP contribution in [0.5, 0.6) is 0 Å². The number of aliphatic hydroxyl groups excluding tert-OH is 2. The minimum absolute atomic E-state index is 0.0591. The molecule has 10 amide bonds. The van der Waals surface area contributed by atoms with E-state index in [2.05, 4.69) is 53.2 Å². The number of hydrogen-bond acceptors (Lipinski definition) is 17. The zero-order valence-electron chi connectivity index (χ0n) is 43.9. The molecule has 2 aliphatic rings. The third kappa shape index (κ3) is 20.3. The summed E-state index contributed by atoms with van der Waals surface area (Å²) in [4.78, 5) is 139. The molecule has 27 nitrogen and oxygen atoms in total. The van der Waals surface area contributed by atoms with E-state index in [0.29, 0.717) is 24.8 Å². The van der Waals surface area contributed by atoms with Crippen LogP contribution in [0.4, 0.5) is 0 Å². The molecule has 1 heterocycles. The summed E-state index contributed by atoms with van der Waals surface area (Å²) in [6, 6.07) is -5.03. The first-order valence-electron chi connectivity index (χ1n) is 26.0. The molecule has 13 atom stereocenters. The summed E-state index contributed by atoms with van der Waals surface area (Å²) in [5.41, 5.74) is 30.2. The Labute approximate surface area is 443 Å². The first-order valence-corrected chi connectivity index (χ1v) is 26.0. The molecule has 3 rings (SSSR count). The van der Waals surface area contributed by atoms with Gasteiger partial charge in [0, 0.05) is 19.0 Å². The first-order chi connectivity index (χ1) is 36.0. The van der Waals surface area contributed by atoms with Gasteiger partial charge >= 0.3 is 0 Å². The van der Waals surface area contributed by atoms with Gasteiger partial charge in [0.2, 0.25) is 59.1 Å². The molecular weight excluding hydrogens is 991 g/mol. The lowest BCUT2D eigenvalue weighted by Gasteiger charge is -2.29. The Morgan fingerprint density at radius 2 is 1.13 bits per heavy atom. The van der Waals surface area contributed by atoms with E-state index >= 15 is 0 Å². The Bertz CT molecular complexity index is 2120. The van der Waals surface area contributed by atoms with E-state index < -0.39 is 151 Å². The van der Waals surface area contributed by atoms with Crippen LogP contribution in [0, 0.1) is 11.8 Å². The van der Waals surface area contributed by atoms with Gasteiger partial charge in [-0.25, -0.2) is 0 Å². The number of nitrogens with one attached hydrogen (secondary N) is 10. The van der Waals surface area contributed by atoms with E-state index in [0.717, 1.165) is 0 Å². The van der Waals surface area contributed by atoms with Gasteiger partial charge < -0.3 is 92.0 Å². The van der Waals surface area contributed by atoms with Crippen LogP contribution in [0.3, 0.4) is 0 Å². The molecule has 1 aromatic rings. The van der Waals surface area contributed by atoms with Crippen molar-refractivity contribution in [1.82, 2.24) is 53.2 Å². The molecule has 5 unspecified atom stereocenters. The lowest BCUT2D eigenvalue weighted by Crippen LogP contribution is -2.61. The van der Waals surface area contributed by atoms with Crippen molar-refractivity contribution >= 4 is 59.1 Å². The van der Waals surface area contributed by atoms with Crippen molar-refractivity contribution in [2.45, 2.75) is 165 Å². The third-order valence-electron chi connectivity index (χ3n) is 13.0. The van der Waals surface area contributed by atoms with Crippen molar-refractivity contribution in [2.75, 3.05) is 32.7 Å². The number of aliphatic hydroxyl groups is 2. The van der Waals surface area contributed by atoms with Crippen LogP contribution in [-0.2, 0) is 54.4 Å². The number of hydrogen-bond donors (Lipinski definition) is 17. The Balaban J connectivity index is 2.11. The van der Waals surface area contributed by atoms with Crippen LogP contribution in [-0.4, -0.2) is 175 Å². The second-order valence-electron chi connectivity index (χ2n) is 19.8. The van der Waals surface area contributed by atoms with Crippen LogP contribution >= 0.6 is 0 Å². The number of amides is 10. The van der Waals surface area contributed by atoms with Gasteiger partial charge in [-0.1, -0.05) is 50.6 Å². The molecule has 27 heteroatoms. The fourth-order valence-electron chi connectivity index (χ4n) is 8.76. The van der Waals surface area contributed by atoms with Crippen LogP contribution in [0.15, 0.2) is 30.3 Å². The molecule has 1 aliphatic carbocycles. The second kappa shape index (κ2) is 32.3. The zero-order valence-corrected chi connectivity index (χ0v) is 43.9. The van der Waals surface area contributed by atoms with Crippen LogP contribution in [0.25, 0.3) is 0 Å². The topological polar surface area (TPSA) is 462 Å². The van der Waals surface area contributed by atoms with E-state index in [-0.39, 0.29) is 70.6 Å². The molecule has 1 saturated heterocycles. The number of carbonyl (C=O) groups is 10. The van der Waals surface area contributed by atoms with Gasteiger partial charge in [0.1, 0.15) is 54.4 Å². The number of nitrogens with two attached hydrogens (primary N) is 5. The Kier molecular flexibility index (Phi) is 27.1. The second-order valence-corrected chi connectivity index (χ2v) is 19.8. The van der Waals surface area contributed by atoms with Crippen molar-refractivity contribution in [2.24, 2.45) is 40.5 Å². The van der Waals surface area contributed by atoms with Crippen LogP contribution in [0.2, 0.25) is 0 Å². The quantitative estimate of drug-likeness (QED) is 0.0577. The molecule has 0 aromatic heterocycles. The van der Waals surface area contributed by atoms with E-state index in [1.165, 1.54) is 13.8 Å². The predicted molar refractivity (Wildman–Crippen MR) is 278 cm³/mol. The first kappa shape index (κ1) is 63.9. The van der Waals surface area contributed by atoms with Crippen LogP contribution in [0.1, 0.15) is 91.0 Å². The largest absolute Gasteiger partial charge is 0.391 e. The Morgan fingerprint density at radius 1 is 0.618 bits per heavy atom. The fraction of sp³-hybridized carbons (Fsp3) is 0.673. The number of rotatable bonds is 20. The summed E-state index contributed by atoms with van der Waals surface area (Å²) in [6.07, 6.45) is -2.39. The monoisotopic (exact) mass is 1070 g/mol. The third-order valence-corrected chi connectivity index (χ3v) is 13.0. The average molecular weight is 1070 g/mol. The molecule has 22 N–H and O–H groups in total. The van der Waals surface area contributed by atoms with E-state index in [1.54, 1.807) is 44.2 Å². The summed E-state index contributed by atoms with van der Waals surface area (Å²) in [5, 5.41) is 46.9. The zero-order chi connectivity index (χ0) is 56.6. The SMILES string of the molecule is CC(C)C[C@@H]1NC(=O)[C@@H](Cc2ccccc2)NC(=O)[C@H](CCN)NC(=O)[C@@H](NC(=O)[C@H](CCN)NC(=O)[C@@H](NC(=O)C2CCCC2N)C(C)O)CCNC(=O)C(C(C)O)NC(=O)[C@H](CCN)NC(=O)[C@H](CCN)NC1=O. The minimum atomic E-state index is -1.66. The van der Waals surface area contributed by atoms with Gasteiger partial charge in [-0.05, 0) is 103 Å². The molecule has 426 valence electrons. The fourth-order valence-corrected chi connectivity index (χ4v) is 8.76. The summed E-state index contributed by atoms with van der Waals surface area (Å²) < 4.78 is 0. The molecule has 1 aliphatic heterocycles. The number of carbonyl (C=O) groups excluding carboxylic acids is 10. The van der Waals surface area contributed by atoms with Gasteiger partial charge in [-0.15, -0.1) is 0 Å². The summed E-state index contributed by atoms with van der Waals surface area (Å²) >= 11 is 0. The van der Waals surface area contributed by atoms with Crippen molar-refractivity contribution < 1.29 is 58.2 Å². The van der Waals surface area contributed by atoms with Gasteiger partial charge in [0.25, 0.3) is 0 Å². The summed E-state index contributed by atoms with van der Waals surface area (Å²) in [6.45, 7) is 5.04. The number of benzene rings is 1. The molecule has 1 aromatic carbocycles. The van der Waals surface area contributed by atoms with Crippen molar-refractivity contribution in [3.05, 3.63) is 35.9 Å². The summed E-state index contributed by atoms with van der Waals surface area (Å²) in [7, 11) is 0.